The molecule has 22 heavy (non-hydrogen) atoms. The lowest BCUT2D eigenvalue weighted by Gasteiger charge is -2.26. The average Bonchev–Trinajstić information content (AvgIpc) is 2.55. The molecule has 1 atom stereocenters. The second-order valence-electron chi connectivity index (χ2n) is 5.03. The van der Waals surface area contributed by atoms with Gasteiger partial charge in [-0.1, -0.05) is 6.07 Å². The summed E-state index contributed by atoms with van der Waals surface area (Å²) in [5.41, 5.74) is 6.07. The van der Waals surface area contributed by atoms with Crippen LogP contribution in [0.3, 0.4) is 0 Å². The van der Waals surface area contributed by atoms with Gasteiger partial charge >= 0.3 is 5.97 Å². The molecule has 1 aliphatic rings. The summed E-state index contributed by atoms with van der Waals surface area (Å²) in [7, 11) is 1.51. The van der Waals surface area contributed by atoms with E-state index in [1.54, 1.807) is 18.2 Å². The fraction of sp³-hybridized carbons (Fsp3) is 0.533. The molecule has 1 saturated heterocycles. The summed E-state index contributed by atoms with van der Waals surface area (Å²) in [5.74, 6) is -0.0173. The van der Waals surface area contributed by atoms with Crippen molar-refractivity contribution < 1.29 is 24.1 Å². The molecule has 0 amide bonds. The molecule has 1 aromatic rings. The minimum Gasteiger partial charge on any atom is -0.493 e. The van der Waals surface area contributed by atoms with Crippen LogP contribution in [0.15, 0.2) is 18.2 Å². The van der Waals surface area contributed by atoms with E-state index in [2.05, 4.69) is 4.90 Å². The molecule has 7 heteroatoms. The fourth-order valence-corrected chi connectivity index (χ4v) is 2.25. The molecule has 0 spiro atoms. The van der Waals surface area contributed by atoms with Gasteiger partial charge in [-0.3, -0.25) is 9.69 Å². The van der Waals surface area contributed by atoms with Crippen molar-refractivity contribution in [1.82, 2.24) is 4.90 Å². The van der Waals surface area contributed by atoms with Gasteiger partial charge in [-0.15, -0.1) is 0 Å². The zero-order valence-corrected chi connectivity index (χ0v) is 12.7. The minimum atomic E-state index is -1.08. The molecular weight excluding hydrogens is 288 g/mol. The van der Waals surface area contributed by atoms with Crippen molar-refractivity contribution in [3.63, 3.8) is 0 Å². The number of aliphatic carboxylic acids is 1. The number of ether oxygens (including phenoxy) is 3. The van der Waals surface area contributed by atoms with Crippen molar-refractivity contribution in [3.8, 4) is 11.5 Å². The molecule has 1 heterocycles. The fourth-order valence-electron chi connectivity index (χ4n) is 2.25. The number of nitrogens with zero attached hydrogens (tertiary/aromatic N) is 1. The van der Waals surface area contributed by atoms with Crippen molar-refractivity contribution >= 4 is 5.97 Å². The molecule has 0 aromatic heterocycles. The Morgan fingerprint density at radius 1 is 1.41 bits per heavy atom. The third-order valence-corrected chi connectivity index (χ3v) is 3.58. The largest absolute Gasteiger partial charge is 0.493 e. The zero-order valence-electron chi connectivity index (χ0n) is 12.7. The van der Waals surface area contributed by atoms with Crippen LogP contribution in [0.5, 0.6) is 11.5 Å². The van der Waals surface area contributed by atoms with E-state index < -0.39 is 12.0 Å². The number of morpholine rings is 1. The van der Waals surface area contributed by atoms with Gasteiger partial charge in [0, 0.05) is 19.6 Å². The standard InChI is InChI=1S/C15H22N2O5/c1-20-13-10-11(14(16)15(18)19)2-3-12(13)22-9-6-17-4-7-21-8-5-17/h2-3,10,14H,4-9,16H2,1H3,(H,18,19)/t14-/m0/s1. The molecule has 0 radical (unpaired) electrons. The Kier molecular flexibility index (Phi) is 6.00. The van der Waals surface area contributed by atoms with Gasteiger partial charge in [-0.05, 0) is 17.7 Å². The van der Waals surface area contributed by atoms with Gasteiger partial charge < -0.3 is 25.1 Å². The second kappa shape index (κ2) is 7.98. The van der Waals surface area contributed by atoms with E-state index in [1.807, 2.05) is 0 Å². The molecule has 0 unspecified atom stereocenters. The van der Waals surface area contributed by atoms with Crippen LogP contribution in [0.2, 0.25) is 0 Å². The first-order valence-corrected chi connectivity index (χ1v) is 7.21. The molecule has 0 saturated carbocycles. The first-order valence-electron chi connectivity index (χ1n) is 7.21. The molecule has 1 aliphatic heterocycles. The van der Waals surface area contributed by atoms with Gasteiger partial charge in [0.2, 0.25) is 0 Å². The van der Waals surface area contributed by atoms with Crippen LogP contribution >= 0.6 is 0 Å². The Balaban J connectivity index is 1.93. The highest BCUT2D eigenvalue weighted by atomic mass is 16.5. The first-order chi connectivity index (χ1) is 10.6. The van der Waals surface area contributed by atoms with E-state index in [0.717, 1.165) is 32.8 Å². The Labute approximate surface area is 129 Å². The number of nitrogens with two attached hydrogens (primary N) is 1. The van der Waals surface area contributed by atoms with E-state index in [0.29, 0.717) is 23.7 Å². The van der Waals surface area contributed by atoms with Crippen molar-refractivity contribution in [2.75, 3.05) is 46.6 Å². The molecule has 122 valence electrons. The highest BCUT2D eigenvalue weighted by Crippen LogP contribution is 2.29. The van der Waals surface area contributed by atoms with Gasteiger partial charge in [0.25, 0.3) is 0 Å². The number of benzene rings is 1. The Hall–Kier alpha value is -1.83. The molecule has 0 aliphatic carbocycles. The number of carboxylic acid groups (broad SMARTS) is 1. The number of hydrogen-bond donors (Lipinski definition) is 2. The number of carboxylic acids is 1. The maximum atomic E-state index is 10.9. The SMILES string of the molecule is COc1cc([C@H](N)C(=O)O)ccc1OCCN1CCOCC1. The van der Waals surface area contributed by atoms with E-state index >= 15 is 0 Å². The van der Waals surface area contributed by atoms with Crippen LogP contribution < -0.4 is 15.2 Å². The van der Waals surface area contributed by atoms with Crippen LogP contribution in [0.25, 0.3) is 0 Å². The third-order valence-electron chi connectivity index (χ3n) is 3.58. The van der Waals surface area contributed by atoms with Crippen molar-refractivity contribution in [3.05, 3.63) is 23.8 Å². The predicted molar refractivity (Wildman–Crippen MR) is 80.3 cm³/mol. The second-order valence-corrected chi connectivity index (χ2v) is 5.03. The summed E-state index contributed by atoms with van der Waals surface area (Å²) < 4.78 is 16.3. The van der Waals surface area contributed by atoms with Crippen LogP contribution in [-0.2, 0) is 9.53 Å². The summed E-state index contributed by atoms with van der Waals surface area (Å²) in [4.78, 5) is 13.2. The van der Waals surface area contributed by atoms with Gasteiger partial charge in [0.05, 0.1) is 20.3 Å². The molecule has 0 bridgehead atoms. The molecule has 3 N–H and O–H groups in total. The highest BCUT2D eigenvalue weighted by molar-refractivity contribution is 5.75. The molecule has 7 nitrogen and oxygen atoms in total. The van der Waals surface area contributed by atoms with E-state index in [9.17, 15) is 4.79 Å². The monoisotopic (exact) mass is 310 g/mol. The lowest BCUT2D eigenvalue weighted by molar-refractivity contribution is -0.138. The normalized spacial score (nSPS) is 17.0. The Morgan fingerprint density at radius 2 is 2.14 bits per heavy atom. The topological polar surface area (TPSA) is 94.2 Å². The van der Waals surface area contributed by atoms with Gasteiger partial charge in [0.1, 0.15) is 12.6 Å². The zero-order chi connectivity index (χ0) is 15.9. The smallest absolute Gasteiger partial charge is 0.325 e. The van der Waals surface area contributed by atoms with Crippen LogP contribution in [0.4, 0.5) is 0 Å². The molecule has 2 rings (SSSR count). The number of carbonyl (C=O) groups is 1. The van der Waals surface area contributed by atoms with Gasteiger partial charge in [-0.2, -0.15) is 0 Å². The van der Waals surface area contributed by atoms with Crippen LogP contribution in [0, 0.1) is 0 Å². The van der Waals surface area contributed by atoms with E-state index in [4.69, 9.17) is 25.1 Å². The summed E-state index contributed by atoms with van der Waals surface area (Å²) in [6, 6.07) is 3.86. The van der Waals surface area contributed by atoms with Crippen LogP contribution in [0.1, 0.15) is 11.6 Å². The maximum Gasteiger partial charge on any atom is 0.325 e. The van der Waals surface area contributed by atoms with E-state index in [1.165, 1.54) is 7.11 Å². The van der Waals surface area contributed by atoms with Gasteiger partial charge in [0.15, 0.2) is 11.5 Å². The molecule has 1 aromatic carbocycles. The van der Waals surface area contributed by atoms with Crippen molar-refractivity contribution in [2.45, 2.75) is 6.04 Å². The van der Waals surface area contributed by atoms with Crippen molar-refractivity contribution in [2.24, 2.45) is 5.73 Å². The predicted octanol–water partition coefficient (Wildman–Crippen LogP) is 0.491. The third kappa shape index (κ3) is 4.33. The molecular formula is C15H22N2O5. The Morgan fingerprint density at radius 3 is 2.77 bits per heavy atom. The number of hydrogen-bond acceptors (Lipinski definition) is 6. The lowest BCUT2D eigenvalue weighted by atomic mass is 10.1. The number of rotatable bonds is 7. The average molecular weight is 310 g/mol. The highest BCUT2D eigenvalue weighted by Gasteiger charge is 2.17. The van der Waals surface area contributed by atoms with Crippen LogP contribution in [-0.4, -0.2) is 62.5 Å². The summed E-state index contributed by atoms with van der Waals surface area (Å²) in [6.07, 6.45) is 0. The Bertz CT molecular complexity index is 503. The quantitative estimate of drug-likeness (QED) is 0.757. The number of methoxy groups -OCH3 is 1. The summed E-state index contributed by atoms with van der Waals surface area (Å²) in [6.45, 7) is 4.67. The summed E-state index contributed by atoms with van der Waals surface area (Å²) >= 11 is 0. The maximum absolute atomic E-state index is 10.9. The van der Waals surface area contributed by atoms with E-state index in [-0.39, 0.29) is 0 Å². The van der Waals surface area contributed by atoms with Crippen molar-refractivity contribution in [1.29, 1.82) is 0 Å². The molecule has 1 fully saturated rings. The first kappa shape index (κ1) is 16.5. The van der Waals surface area contributed by atoms with Gasteiger partial charge in [-0.25, -0.2) is 0 Å². The minimum absolute atomic E-state index is 0.477. The lowest BCUT2D eigenvalue weighted by Crippen LogP contribution is -2.38. The summed E-state index contributed by atoms with van der Waals surface area (Å²) in [5, 5.41) is 8.94.